The van der Waals surface area contributed by atoms with Crippen molar-refractivity contribution in [1.82, 2.24) is 5.32 Å². The molecular formula is C16H18F3NS. The Morgan fingerprint density at radius 2 is 1.86 bits per heavy atom. The minimum Gasteiger partial charge on any atom is -0.306 e. The number of nitrogens with one attached hydrogen (secondary N) is 1. The lowest BCUT2D eigenvalue weighted by Gasteiger charge is -2.21. The SMILES string of the molecule is CCNC(c1cc(C)c(C)s1)c1ccccc1C(F)(F)F. The third-order valence-corrected chi connectivity index (χ3v) is 4.67. The van der Waals surface area contributed by atoms with Gasteiger partial charge in [-0.05, 0) is 43.7 Å². The van der Waals surface area contributed by atoms with Gasteiger partial charge in [-0.1, -0.05) is 25.1 Å². The molecule has 0 radical (unpaired) electrons. The Kier molecular flexibility index (Phi) is 4.74. The fourth-order valence-electron chi connectivity index (χ4n) is 2.32. The van der Waals surface area contributed by atoms with Crippen LogP contribution < -0.4 is 5.32 Å². The summed E-state index contributed by atoms with van der Waals surface area (Å²) in [5, 5.41) is 3.18. The summed E-state index contributed by atoms with van der Waals surface area (Å²) in [4.78, 5) is 2.06. The van der Waals surface area contributed by atoms with Crippen molar-refractivity contribution in [2.45, 2.75) is 33.0 Å². The third-order valence-electron chi connectivity index (χ3n) is 3.45. The van der Waals surface area contributed by atoms with Gasteiger partial charge in [0.05, 0.1) is 11.6 Å². The van der Waals surface area contributed by atoms with E-state index in [4.69, 9.17) is 0 Å². The van der Waals surface area contributed by atoms with E-state index >= 15 is 0 Å². The van der Waals surface area contributed by atoms with Crippen LogP contribution in [0.2, 0.25) is 0 Å². The maximum Gasteiger partial charge on any atom is 0.416 e. The van der Waals surface area contributed by atoms with Crippen molar-refractivity contribution in [3.63, 3.8) is 0 Å². The number of hydrogen-bond donors (Lipinski definition) is 1. The number of hydrogen-bond acceptors (Lipinski definition) is 2. The van der Waals surface area contributed by atoms with Gasteiger partial charge in [0.1, 0.15) is 0 Å². The average molecular weight is 313 g/mol. The molecule has 1 atom stereocenters. The van der Waals surface area contributed by atoms with E-state index in [-0.39, 0.29) is 5.56 Å². The van der Waals surface area contributed by atoms with Gasteiger partial charge in [-0.2, -0.15) is 13.2 Å². The Morgan fingerprint density at radius 1 is 1.19 bits per heavy atom. The van der Waals surface area contributed by atoms with Gasteiger partial charge in [0.25, 0.3) is 0 Å². The van der Waals surface area contributed by atoms with Crippen LogP contribution in [0.15, 0.2) is 30.3 Å². The fourth-order valence-corrected chi connectivity index (χ4v) is 3.46. The van der Waals surface area contributed by atoms with Crippen molar-refractivity contribution in [1.29, 1.82) is 0 Å². The van der Waals surface area contributed by atoms with Crippen molar-refractivity contribution in [2.75, 3.05) is 6.54 Å². The van der Waals surface area contributed by atoms with Crippen molar-refractivity contribution >= 4 is 11.3 Å². The van der Waals surface area contributed by atoms with Gasteiger partial charge in [-0.25, -0.2) is 0 Å². The van der Waals surface area contributed by atoms with Crippen LogP contribution in [0.4, 0.5) is 13.2 Å². The first-order valence-corrected chi connectivity index (χ1v) is 7.62. The van der Waals surface area contributed by atoms with Gasteiger partial charge < -0.3 is 5.32 Å². The van der Waals surface area contributed by atoms with Gasteiger partial charge in [-0.3, -0.25) is 0 Å². The van der Waals surface area contributed by atoms with E-state index in [1.54, 1.807) is 23.5 Å². The molecule has 0 saturated heterocycles. The highest BCUT2D eigenvalue weighted by Crippen LogP contribution is 2.38. The monoisotopic (exact) mass is 313 g/mol. The fraction of sp³-hybridized carbons (Fsp3) is 0.375. The Hall–Kier alpha value is -1.33. The molecule has 0 aliphatic rings. The molecule has 1 aromatic carbocycles. The first-order chi connectivity index (χ1) is 9.84. The van der Waals surface area contributed by atoms with E-state index in [1.807, 2.05) is 26.8 Å². The van der Waals surface area contributed by atoms with Crippen LogP contribution in [0, 0.1) is 13.8 Å². The standard InChI is InChI=1S/C16H18F3NS/c1-4-20-15(14-9-10(2)11(3)21-14)12-7-5-6-8-13(12)16(17,18)19/h5-9,15,20H,4H2,1-3H3. The zero-order chi connectivity index (χ0) is 15.6. The Morgan fingerprint density at radius 3 is 2.38 bits per heavy atom. The summed E-state index contributed by atoms with van der Waals surface area (Å²) in [6.07, 6.45) is -4.34. The van der Waals surface area contributed by atoms with Crippen LogP contribution in [0.5, 0.6) is 0 Å². The normalized spacial score (nSPS) is 13.4. The zero-order valence-corrected chi connectivity index (χ0v) is 13.0. The van der Waals surface area contributed by atoms with Gasteiger partial charge in [-0.15, -0.1) is 11.3 Å². The molecule has 114 valence electrons. The molecule has 0 spiro atoms. The van der Waals surface area contributed by atoms with E-state index in [2.05, 4.69) is 5.32 Å². The maximum atomic E-state index is 13.2. The van der Waals surface area contributed by atoms with Crippen LogP contribution >= 0.6 is 11.3 Å². The summed E-state index contributed by atoms with van der Waals surface area (Å²) < 4.78 is 39.7. The second kappa shape index (κ2) is 6.20. The van der Waals surface area contributed by atoms with Gasteiger partial charge in [0.2, 0.25) is 0 Å². The van der Waals surface area contributed by atoms with Crippen molar-refractivity contribution in [3.05, 3.63) is 56.8 Å². The summed E-state index contributed by atoms with van der Waals surface area (Å²) in [7, 11) is 0. The van der Waals surface area contributed by atoms with Crippen molar-refractivity contribution in [2.24, 2.45) is 0 Å². The summed E-state index contributed by atoms with van der Waals surface area (Å²) in [5.41, 5.74) is 0.829. The van der Waals surface area contributed by atoms with E-state index in [1.165, 1.54) is 6.07 Å². The highest BCUT2D eigenvalue weighted by molar-refractivity contribution is 7.12. The van der Waals surface area contributed by atoms with Gasteiger partial charge >= 0.3 is 6.18 Å². The molecule has 1 aromatic heterocycles. The lowest BCUT2D eigenvalue weighted by Crippen LogP contribution is -2.24. The number of rotatable bonds is 4. The van der Waals surface area contributed by atoms with E-state index in [0.29, 0.717) is 6.54 Å². The van der Waals surface area contributed by atoms with E-state index in [9.17, 15) is 13.2 Å². The first kappa shape index (κ1) is 16.0. The van der Waals surface area contributed by atoms with Crippen LogP contribution in [-0.4, -0.2) is 6.54 Å². The molecule has 0 fully saturated rings. The second-order valence-corrected chi connectivity index (χ2v) is 6.25. The number of benzene rings is 1. The number of halogens is 3. The summed E-state index contributed by atoms with van der Waals surface area (Å²) in [6.45, 7) is 6.47. The molecule has 1 heterocycles. The molecule has 0 saturated carbocycles. The molecule has 2 rings (SSSR count). The summed E-state index contributed by atoms with van der Waals surface area (Å²) in [5.74, 6) is 0. The third kappa shape index (κ3) is 3.47. The zero-order valence-electron chi connectivity index (χ0n) is 12.2. The lowest BCUT2D eigenvalue weighted by molar-refractivity contribution is -0.138. The number of aryl methyl sites for hydroxylation is 2. The lowest BCUT2D eigenvalue weighted by atomic mass is 9.98. The highest BCUT2D eigenvalue weighted by Gasteiger charge is 2.35. The van der Waals surface area contributed by atoms with E-state index in [0.717, 1.165) is 21.4 Å². The molecule has 1 N–H and O–H groups in total. The molecular weight excluding hydrogens is 295 g/mol. The number of alkyl halides is 3. The van der Waals surface area contributed by atoms with Crippen LogP contribution in [0.3, 0.4) is 0 Å². The molecule has 0 aliphatic heterocycles. The molecule has 1 unspecified atom stereocenters. The molecule has 2 aromatic rings. The minimum atomic E-state index is -4.34. The number of thiophene rings is 1. The topological polar surface area (TPSA) is 12.0 Å². The highest BCUT2D eigenvalue weighted by atomic mass is 32.1. The van der Waals surface area contributed by atoms with Crippen LogP contribution in [0.1, 0.15) is 39.4 Å². The molecule has 0 amide bonds. The minimum absolute atomic E-state index is 0.285. The van der Waals surface area contributed by atoms with E-state index < -0.39 is 17.8 Å². The van der Waals surface area contributed by atoms with Gasteiger partial charge in [0.15, 0.2) is 0 Å². The van der Waals surface area contributed by atoms with Crippen LogP contribution in [0.25, 0.3) is 0 Å². The molecule has 0 aliphatic carbocycles. The average Bonchev–Trinajstić information content (AvgIpc) is 2.75. The summed E-state index contributed by atoms with van der Waals surface area (Å²) in [6, 6.07) is 7.33. The Balaban J connectivity index is 2.53. The van der Waals surface area contributed by atoms with Gasteiger partial charge in [0, 0.05) is 9.75 Å². The van der Waals surface area contributed by atoms with Crippen LogP contribution in [-0.2, 0) is 6.18 Å². The smallest absolute Gasteiger partial charge is 0.306 e. The van der Waals surface area contributed by atoms with Crippen molar-refractivity contribution in [3.8, 4) is 0 Å². The Bertz CT molecular complexity index is 597. The predicted octanol–water partition coefficient (Wildman–Crippen LogP) is 5.08. The quantitative estimate of drug-likeness (QED) is 0.829. The first-order valence-electron chi connectivity index (χ1n) is 6.81. The molecule has 21 heavy (non-hydrogen) atoms. The predicted molar refractivity (Wildman–Crippen MR) is 80.8 cm³/mol. The van der Waals surface area contributed by atoms with Crippen molar-refractivity contribution < 1.29 is 13.2 Å². The molecule has 5 heteroatoms. The second-order valence-electron chi connectivity index (χ2n) is 4.96. The molecule has 1 nitrogen and oxygen atoms in total. The largest absolute Gasteiger partial charge is 0.416 e. The Labute approximate surface area is 126 Å². The molecule has 0 bridgehead atoms. The maximum absolute atomic E-state index is 13.2. The summed E-state index contributed by atoms with van der Waals surface area (Å²) >= 11 is 1.55.